The van der Waals surface area contributed by atoms with E-state index in [0.717, 1.165) is 0 Å². The molecule has 0 unspecified atom stereocenters. The van der Waals surface area contributed by atoms with Gasteiger partial charge in [-0.2, -0.15) is 5.10 Å². The molecule has 0 saturated heterocycles. The Hall–Kier alpha value is -2.24. The molecule has 2 aromatic heterocycles. The molecule has 16 heavy (non-hydrogen) atoms. The van der Waals surface area contributed by atoms with Gasteiger partial charge in [0.15, 0.2) is 5.82 Å². The lowest BCUT2D eigenvalue weighted by atomic mass is 10.1. The average molecular weight is 221 g/mol. The lowest BCUT2D eigenvalue weighted by Gasteiger charge is -1.99. The SMILES string of the molecule is Nc1n[nH]c(CCC(=O)O)c1-c1ccco1. The first-order valence-electron chi connectivity index (χ1n) is 4.77. The largest absolute Gasteiger partial charge is 0.481 e. The molecular weight excluding hydrogens is 210 g/mol. The second kappa shape index (κ2) is 4.09. The molecule has 0 radical (unpaired) electrons. The normalized spacial score (nSPS) is 10.5. The summed E-state index contributed by atoms with van der Waals surface area (Å²) in [6, 6.07) is 3.49. The maximum Gasteiger partial charge on any atom is 0.303 e. The number of hydrogen-bond acceptors (Lipinski definition) is 4. The number of anilines is 1. The number of nitrogens with two attached hydrogens (primary N) is 1. The number of aromatic nitrogens is 2. The molecule has 4 N–H and O–H groups in total. The summed E-state index contributed by atoms with van der Waals surface area (Å²) in [6.07, 6.45) is 1.90. The predicted octanol–water partition coefficient (Wildman–Crippen LogP) is 1.27. The van der Waals surface area contributed by atoms with Gasteiger partial charge in [-0.15, -0.1) is 0 Å². The molecule has 0 bridgehead atoms. The van der Waals surface area contributed by atoms with Crippen molar-refractivity contribution in [3.05, 3.63) is 24.1 Å². The number of carboxylic acid groups (broad SMARTS) is 1. The van der Waals surface area contributed by atoms with Crippen molar-refractivity contribution in [2.24, 2.45) is 0 Å². The number of hydrogen-bond donors (Lipinski definition) is 3. The second-order valence-corrected chi connectivity index (χ2v) is 3.33. The fourth-order valence-electron chi connectivity index (χ4n) is 1.50. The van der Waals surface area contributed by atoms with Crippen LogP contribution in [-0.4, -0.2) is 21.3 Å². The molecule has 0 atom stereocenters. The summed E-state index contributed by atoms with van der Waals surface area (Å²) in [5.41, 5.74) is 7.01. The van der Waals surface area contributed by atoms with Crippen LogP contribution in [0, 0.1) is 0 Å². The number of carbonyl (C=O) groups is 1. The minimum atomic E-state index is -0.862. The quantitative estimate of drug-likeness (QED) is 0.720. The first kappa shape index (κ1) is 10.3. The Morgan fingerprint density at radius 2 is 2.44 bits per heavy atom. The molecule has 0 aliphatic carbocycles. The van der Waals surface area contributed by atoms with Crippen LogP contribution in [0.4, 0.5) is 5.82 Å². The molecule has 2 rings (SSSR count). The maximum atomic E-state index is 10.5. The molecule has 0 spiro atoms. The molecule has 0 aliphatic heterocycles. The van der Waals surface area contributed by atoms with Crippen molar-refractivity contribution in [1.29, 1.82) is 0 Å². The standard InChI is InChI=1S/C10H11N3O3/c11-10-9(7-2-1-5-16-7)6(12-13-10)3-4-8(14)15/h1-2,5H,3-4H2,(H,14,15)(H3,11,12,13). The molecule has 0 fully saturated rings. The third-order valence-electron chi connectivity index (χ3n) is 2.23. The number of nitrogen functional groups attached to an aromatic ring is 1. The first-order chi connectivity index (χ1) is 7.68. The smallest absolute Gasteiger partial charge is 0.303 e. The molecular formula is C10H11N3O3. The van der Waals surface area contributed by atoms with Crippen LogP contribution < -0.4 is 5.73 Å². The van der Waals surface area contributed by atoms with Gasteiger partial charge in [0.05, 0.1) is 18.2 Å². The number of furan rings is 1. The van der Waals surface area contributed by atoms with Gasteiger partial charge in [-0.3, -0.25) is 9.89 Å². The van der Waals surface area contributed by atoms with Gasteiger partial charge in [-0.25, -0.2) is 0 Å². The fraction of sp³-hybridized carbons (Fsp3) is 0.200. The highest BCUT2D eigenvalue weighted by Crippen LogP contribution is 2.28. The van der Waals surface area contributed by atoms with E-state index in [1.165, 1.54) is 6.26 Å². The van der Waals surface area contributed by atoms with Crippen LogP contribution in [0.5, 0.6) is 0 Å². The van der Waals surface area contributed by atoms with E-state index >= 15 is 0 Å². The van der Waals surface area contributed by atoms with Gasteiger partial charge in [0.2, 0.25) is 0 Å². The topological polar surface area (TPSA) is 105 Å². The Morgan fingerprint density at radius 1 is 1.62 bits per heavy atom. The number of aliphatic carboxylic acids is 1. The van der Waals surface area contributed by atoms with Crippen molar-refractivity contribution < 1.29 is 14.3 Å². The number of carboxylic acids is 1. The van der Waals surface area contributed by atoms with E-state index in [2.05, 4.69) is 10.2 Å². The van der Waals surface area contributed by atoms with Crippen LogP contribution in [0.3, 0.4) is 0 Å². The zero-order valence-electron chi connectivity index (χ0n) is 8.43. The van der Waals surface area contributed by atoms with Gasteiger partial charge >= 0.3 is 5.97 Å². The van der Waals surface area contributed by atoms with Crippen LogP contribution in [0.15, 0.2) is 22.8 Å². The highest BCUT2D eigenvalue weighted by atomic mass is 16.4. The molecule has 2 heterocycles. The Balaban J connectivity index is 2.29. The minimum Gasteiger partial charge on any atom is -0.481 e. The van der Waals surface area contributed by atoms with Crippen molar-refractivity contribution in [3.63, 3.8) is 0 Å². The zero-order valence-corrected chi connectivity index (χ0v) is 8.43. The van der Waals surface area contributed by atoms with Crippen molar-refractivity contribution in [2.75, 3.05) is 5.73 Å². The van der Waals surface area contributed by atoms with E-state index in [0.29, 0.717) is 29.3 Å². The molecule has 6 heteroatoms. The van der Waals surface area contributed by atoms with Gasteiger partial charge in [0.25, 0.3) is 0 Å². The van der Waals surface area contributed by atoms with Crippen LogP contribution in [0.25, 0.3) is 11.3 Å². The molecule has 6 nitrogen and oxygen atoms in total. The van der Waals surface area contributed by atoms with Gasteiger partial charge in [0, 0.05) is 12.1 Å². The lowest BCUT2D eigenvalue weighted by molar-refractivity contribution is -0.136. The van der Waals surface area contributed by atoms with Crippen molar-refractivity contribution in [3.8, 4) is 11.3 Å². The van der Waals surface area contributed by atoms with E-state index in [-0.39, 0.29) is 6.42 Å². The van der Waals surface area contributed by atoms with Gasteiger partial charge in [0.1, 0.15) is 5.76 Å². The van der Waals surface area contributed by atoms with Crippen molar-refractivity contribution >= 4 is 11.8 Å². The van der Waals surface area contributed by atoms with E-state index in [1.54, 1.807) is 12.1 Å². The van der Waals surface area contributed by atoms with Crippen molar-refractivity contribution in [1.82, 2.24) is 10.2 Å². The molecule has 0 aliphatic rings. The zero-order chi connectivity index (χ0) is 11.5. The molecule has 0 saturated carbocycles. The Morgan fingerprint density at radius 3 is 3.06 bits per heavy atom. The molecule has 84 valence electrons. The van der Waals surface area contributed by atoms with Crippen LogP contribution >= 0.6 is 0 Å². The average Bonchev–Trinajstić information content (AvgIpc) is 2.83. The van der Waals surface area contributed by atoms with Gasteiger partial charge in [-0.1, -0.05) is 0 Å². The highest BCUT2D eigenvalue weighted by Gasteiger charge is 2.15. The molecule has 0 aromatic carbocycles. The fourth-order valence-corrected chi connectivity index (χ4v) is 1.50. The van der Waals surface area contributed by atoms with E-state index in [9.17, 15) is 4.79 Å². The maximum absolute atomic E-state index is 10.5. The summed E-state index contributed by atoms with van der Waals surface area (Å²) < 4.78 is 5.22. The second-order valence-electron chi connectivity index (χ2n) is 3.33. The monoisotopic (exact) mass is 221 g/mol. The highest BCUT2D eigenvalue weighted by molar-refractivity contribution is 5.73. The Kier molecular flexibility index (Phi) is 2.63. The Bertz CT molecular complexity index is 487. The summed E-state index contributed by atoms with van der Waals surface area (Å²) in [7, 11) is 0. The van der Waals surface area contributed by atoms with Crippen LogP contribution in [0.2, 0.25) is 0 Å². The van der Waals surface area contributed by atoms with Gasteiger partial charge < -0.3 is 15.3 Å². The van der Waals surface area contributed by atoms with E-state index in [4.69, 9.17) is 15.3 Å². The number of aromatic amines is 1. The summed E-state index contributed by atoms with van der Waals surface area (Å²) in [6.45, 7) is 0. The number of nitrogens with one attached hydrogen (secondary N) is 1. The van der Waals surface area contributed by atoms with E-state index < -0.39 is 5.97 Å². The Labute approximate surface area is 91.1 Å². The third kappa shape index (κ3) is 1.90. The van der Waals surface area contributed by atoms with Crippen molar-refractivity contribution in [2.45, 2.75) is 12.8 Å². The number of rotatable bonds is 4. The molecule has 2 aromatic rings. The summed E-state index contributed by atoms with van der Waals surface area (Å²) in [5, 5.41) is 15.2. The lowest BCUT2D eigenvalue weighted by Crippen LogP contribution is -1.99. The minimum absolute atomic E-state index is 0.0232. The number of H-pyrrole nitrogens is 1. The van der Waals surface area contributed by atoms with Gasteiger partial charge in [-0.05, 0) is 12.1 Å². The molecule has 0 amide bonds. The summed E-state index contributed by atoms with van der Waals surface area (Å²) in [4.78, 5) is 10.5. The van der Waals surface area contributed by atoms with Crippen LogP contribution in [-0.2, 0) is 11.2 Å². The predicted molar refractivity (Wildman–Crippen MR) is 56.7 cm³/mol. The number of nitrogens with zero attached hydrogens (tertiary/aromatic N) is 1. The summed E-state index contributed by atoms with van der Waals surface area (Å²) >= 11 is 0. The first-order valence-corrected chi connectivity index (χ1v) is 4.77. The third-order valence-corrected chi connectivity index (χ3v) is 2.23. The number of aryl methyl sites for hydroxylation is 1. The van der Waals surface area contributed by atoms with E-state index in [1.807, 2.05) is 0 Å². The summed E-state index contributed by atoms with van der Waals surface area (Å²) in [5.74, 6) is 0.0422. The van der Waals surface area contributed by atoms with Crippen LogP contribution in [0.1, 0.15) is 12.1 Å².